The summed E-state index contributed by atoms with van der Waals surface area (Å²) in [5.74, 6) is 2.62. The summed E-state index contributed by atoms with van der Waals surface area (Å²) in [5.41, 5.74) is 0.850. The largest absolute Gasteiger partial charge is 0.355 e. The van der Waals surface area contributed by atoms with Crippen LogP contribution in [-0.4, -0.2) is 56.8 Å². The van der Waals surface area contributed by atoms with Gasteiger partial charge in [-0.25, -0.2) is 9.97 Å². The fraction of sp³-hybridized carbons (Fsp3) is 0.737. The van der Waals surface area contributed by atoms with Crippen LogP contribution >= 0.6 is 0 Å². The van der Waals surface area contributed by atoms with Gasteiger partial charge < -0.3 is 4.90 Å². The van der Waals surface area contributed by atoms with E-state index in [0.717, 1.165) is 53.9 Å². The van der Waals surface area contributed by atoms with Gasteiger partial charge in [-0.15, -0.1) is 0 Å². The summed E-state index contributed by atoms with van der Waals surface area (Å²) >= 11 is 0. The van der Waals surface area contributed by atoms with Gasteiger partial charge in [-0.1, -0.05) is 19.8 Å². The fourth-order valence-corrected chi connectivity index (χ4v) is 5.73. The summed E-state index contributed by atoms with van der Waals surface area (Å²) in [4.78, 5) is 14.3. The van der Waals surface area contributed by atoms with Crippen LogP contribution in [0.5, 0.6) is 0 Å². The smallest absolute Gasteiger partial charge is 0.160 e. The normalized spacial score (nSPS) is 32.8. The minimum Gasteiger partial charge on any atom is -0.355 e. The molecular weight excluding hydrogens is 312 g/mol. The molecule has 0 amide bonds. The third-order valence-electron chi connectivity index (χ3n) is 6.66. The summed E-state index contributed by atoms with van der Waals surface area (Å²) in [5, 5.41) is 8.20. The highest BCUT2D eigenvalue weighted by molar-refractivity contribution is 5.86. The molecule has 6 nitrogen and oxygen atoms in total. The predicted octanol–water partition coefficient (Wildman–Crippen LogP) is 2.83. The van der Waals surface area contributed by atoms with Gasteiger partial charge in [-0.05, 0) is 37.5 Å². The van der Waals surface area contributed by atoms with Crippen molar-refractivity contribution >= 4 is 16.9 Å². The van der Waals surface area contributed by atoms with E-state index in [1.165, 1.54) is 45.1 Å². The van der Waals surface area contributed by atoms with Crippen LogP contribution in [0.2, 0.25) is 0 Å². The van der Waals surface area contributed by atoms with Crippen molar-refractivity contribution in [3.05, 3.63) is 12.5 Å². The van der Waals surface area contributed by atoms with Crippen molar-refractivity contribution < 1.29 is 0 Å². The molecule has 5 rings (SSSR count). The quantitative estimate of drug-likeness (QED) is 0.931. The number of H-pyrrole nitrogens is 1. The maximum absolute atomic E-state index is 4.62. The van der Waals surface area contributed by atoms with Crippen LogP contribution in [0.3, 0.4) is 0 Å². The molecule has 4 atom stereocenters. The SMILES string of the molecule is CCC[C@H]1CCC[C@H]2[C@@H]3C[C@@H](CN(c4ncnc5[nH]ncc45)C3)CN12. The topological polar surface area (TPSA) is 60.9 Å². The molecule has 2 aromatic rings. The number of piperidine rings is 3. The maximum atomic E-state index is 4.62. The zero-order valence-corrected chi connectivity index (χ0v) is 15.1. The molecule has 3 fully saturated rings. The first-order valence-electron chi connectivity index (χ1n) is 9.98. The van der Waals surface area contributed by atoms with Crippen LogP contribution in [0.4, 0.5) is 5.82 Å². The number of aromatic amines is 1. The molecular formula is C19H28N6. The van der Waals surface area contributed by atoms with Crippen LogP contribution in [0.15, 0.2) is 12.5 Å². The van der Waals surface area contributed by atoms with Crippen LogP contribution in [0.1, 0.15) is 45.4 Å². The lowest BCUT2D eigenvalue weighted by Gasteiger charge is -2.55. The van der Waals surface area contributed by atoms with Crippen molar-refractivity contribution in [1.29, 1.82) is 0 Å². The Hall–Kier alpha value is -1.69. The second-order valence-corrected chi connectivity index (χ2v) is 8.23. The van der Waals surface area contributed by atoms with Gasteiger partial charge in [0.05, 0.1) is 11.6 Å². The number of hydrogen-bond acceptors (Lipinski definition) is 5. The first-order valence-corrected chi connectivity index (χ1v) is 9.98. The van der Waals surface area contributed by atoms with Crippen molar-refractivity contribution in [3.8, 4) is 0 Å². The Morgan fingerprint density at radius 3 is 3.08 bits per heavy atom. The van der Waals surface area contributed by atoms with E-state index >= 15 is 0 Å². The molecule has 3 aliphatic heterocycles. The predicted molar refractivity (Wildman–Crippen MR) is 98.5 cm³/mol. The molecule has 25 heavy (non-hydrogen) atoms. The van der Waals surface area contributed by atoms with E-state index in [2.05, 4.69) is 36.9 Å². The molecule has 0 saturated carbocycles. The van der Waals surface area contributed by atoms with Crippen LogP contribution in [0.25, 0.3) is 11.0 Å². The van der Waals surface area contributed by atoms with Gasteiger partial charge >= 0.3 is 0 Å². The minimum atomic E-state index is 0.768. The Kier molecular flexibility index (Phi) is 3.88. The number of nitrogens with one attached hydrogen (secondary N) is 1. The van der Waals surface area contributed by atoms with Crippen molar-refractivity contribution in [2.24, 2.45) is 11.8 Å². The van der Waals surface area contributed by atoms with Gasteiger partial charge in [-0.3, -0.25) is 10.00 Å². The van der Waals surface area contributed by atoms with Crippen LogP contribution in [-0.2, 0) is 0 Å². The first-order chi connectivity index (χ1) is 12.3. The van der Waals surface area contributed by atoms with E-state index in [1.807, 2.05) is 6.20 Å². The summed E-state index contributed by atoms with van der Waals surface area (Å²) in [6, 6.07) is 1.62. The number of nitrogens with zero attached hydrogens (tertiary/aromatic N) is 5. The van der Waals surface area contributed by atoms with Gasteiger partial charge in [0.15, 0.2) is 5.65 Å². The molecule has 0 spiro atoms. The van der Waals surface area contributed by atoms with Gasteiger partial charge in [0.2, 0.25) is 0 Å². The summed E-state index contributed by atoms with van der Waals surface area (Å²) in [6.07, 6.45) is 11.8. The summed E-state index contributed by atoms with van der Waals surface area (Å²) in [7, 11) is 0. The molecule has 1 N–H and O–H groups in total. The Morgan fingerprint density at radius 2 is 2.16 bits per heavy atom. The Balaban J connectivity index is 1.41. The lowest BCUT2D eigenvalue weighted by atomic mass is 9.74. The highest BCUT2D eigenvalue weighted by Gasteiger charge is 2.44. The lowest BCUT2D eigenvalue weighted by molar-refractivity contribution is -0.0215. The molecule has 2 bridgehead atoms. The number of rotatable bonds is 3. The van der Waals surface area contributed by atoms with Gasteiger partial charge in [0, 0.05) is 31.7 Å². The molecule has 0 radical (unpaired) electrons. The highest BCUT2D eigenvalue weighted by Crippen LogP contribution is 2.41. The fourth-order valence-electron chi connectivity index (χ4n) is 5.73. The maximum Gasteiger partial charge on any atom is 0.160 e. The average Bonchev–Trinajstić information content (AvgIpc) is 3.11. The second-order valence-electron chi connectivity index (χ2n) is 8.23. The molecule has 3 saturated heterocycles. The van der Waals surface area contributed by atoms with Crippen molar-refractivity contribution in [2.45, 2.75) is 57.5 Å². The van der Waals surface area contributed by atoms with E-state index < -0.39 is 0 Å². The number of aromatic nitrogens is 4. The highest BCUT2D eigenvalue weighted by atomic mass is 15.3. The van der Waals surface area contributed by atoms with Crippen LogP contribution in [0, 0.1) is 11.8 Å². The van der Waals surface area contributed by atoms with Crippen LogP contribution < -0.4 is 4.90 Å². The Labute approximate surface area is 149 Å². The van der Waals surface area contributed by atoms with E-state index in [9.17, 15) is 0 Å². The summed E-state index contributed by atoms with van der Waals surface area (Å²) < 4.78 is 0. The summed E-state index contributed by atoms with van der Waals surface area (Å²) in [6.45, 7) is 5.87. The lowest BCUT2D eigenvalue weighted by Crippen LogP contribution is -2.61. The third kappa shape index (κ3) is 2.62. The molecule has 5 heterocycles. The number of fused-ring (bicyclic) bond motifs is 5. The average molecular weight is 340 g/mol. The first kappa shape index (κ1) is 15.6. The van der Waals surface area contributed by atoms with E-state index in [4.69, 9.17) is 0 Å². The zero-order valence-electron chi connectivity index (χ0n) is 15.1. The third-order valence-corrected chi connectivity index (χ3v) is 6.66. The standard InChI is InChI=1S/C19H28N6/c1-2-4-15-5-3-6-17-14-7-13(10-25(15)17)9-24(11-14)19-16-8-22-23-18(16)20-12-21-19/h8,12-15,17H,2-7,9-11H2,1H3,(H,20,21,22,23)/t13-,14+,15-,17-/m0/s1. The number of hydrogen-bond donors (Lipinski definition) is 1. The number of anilines is 1. The van der Waals surface area contributed by atoms with Gasteiger partial charge in [0.1, 0.15) is 12.1 Å². The second kappa shape index (κ2) is 6.24. The van der Waals surface area contributed by atoms with E-state index in [0.29, 0.717) is 0 Å². The zero-order chi connectivity index (χ0) is 16.8. The van der Waals surface area contributed by atoms with Crippen molar-refractivity contribution in [3.63, 3.8) is 0 Å². The molecule has 3 aliphatic rings. The van der Waals surface area contributed by atoms with Gasteiger partial charge in [0.25, 0.3) is 0 Å². The molecule has 0 aliphatic carbocycles. The minimum absolute atomic E-state index is 0.768. The molecule has 134 valence electrons. The van der Waals surface area contributed by atoms with E-state index in [1.54, 1.807) is 6.33 Å². The molecule has 6 heteroatoms. The van der Waals surface area contributed by atoms with Gasteiger partial charge in [-0.2, -0.15) is 5.10 Å². The Bertz CT molecular complexity index is 740. The van der Waals surface area contributed by atoms with Crippen molar-refractivity contribution in [1.82, 2.24) is 25.1 Å². The Morgan fingerprint density at radius 1 is 1.20 bits per heavy atom. The van der Waals surface area contributed by atoms with E-state index in [-0.39, 0.29) is 0 Å². The molecule has 0 unspecified atom stereocenters. The molecule has 0 aromatic carbocycles. The molecule has 2 aromatic heterocycles. The monoisotopic (exact) mass is 340 g/mol. The van der Waals surface area contributed by atoms with Crippen molar-refractivity contribution in [2.75, 3.05) is 24.5 Å².